The molecule has 3 N–H and O–H groups in total. The highest BCUT2D eigenvalue weighted by Gasteiger charge is 2.80. The normalized spacial score (nSPS) is 57.7. The van der Waals surface area contributed by atoms with Gasteiger partial charge in [0, 0.05) is 18.3 Å². The molecule has 0 aromatic rings. The molecule has 1 saturated heterocycles. The van der Waals surface area contributed by atoms with E-state index in [0.717, 1.165) is 19.3 Å². The quantitative estimate of drug-likeness (QED) is 0.614. The first-order valence-electron chi connectivity index (χ1n) is 10.1. The van der Waals surface area contributed by atoms with E-state index >= 15 is 0 Å². The third kappa shape index (κ3) is 1.63. The molecule has 1 aliphatic heterocycles. The molecule has 4 aliphatic carbocycles. The summed E-state index contributed by atoms with van der Waals surface area (Å²) in [6.07, 6.45) is 4.60. The Morgan fingerprint density at radius 1 is 1.08 bits per heavy atom. The number of aliphatic hydroxyl groups is 2. The van der Waals surface area contributed by atoms with Gasteiger partial charge in [0.15, 0.2) is 0 Å². The molecule has 5 fully saturated rings. The lowest BCUT2D eigenvalue weighted by Crippen LogP contribution is -2.67. The maximum absolute atomic E-state index is 13.2. The van der Waals surface area contributed by atoms with E-state index in [1.165, 1.54) is 0 Å². The van der Waals surface area contributed by atoms with Crippen molar-refractivity contribution in [1.29, 1.82) is 0 Å². The number of esters is 1. The summed E-state index contributed by atoms with van der Waals surface area (Å²) in [7, 11) is 0. The zero-order valence-electron chi connectivity index (χ0n) is 15.2. The molecule has 0 radical (unpaired) electrons. The largest absolute Gasteiger partial charge is 0.481 e. The van der Waals surface area contributed by atoms with E-state index in [0.29, 0.717) is 32.1 Å². The number of aliphatic carboxylic acids is 1. The van der Waals surface area contributed by atoms with E-state index in [-0.39, 0.29) is 35.6 Å². The van der Waals surface area contributed by atoms with Crippen molar-refractivity contribution in [2.75, 3.05) is 0 Å². The molecule has 0 aromatic carbocycles. The molecule has 8 atom stereocenters. The molecule has 2 bridgehead atoms. The van der Waals surface area contributed by atoms with Crippen LogP contribution in [0.3, 0.4) is 0 Å². The summed E-state index contributed by atoms with van der Waals surface area (Å²) in [6.45, 7) is 2.07. The predicted molar refractivity (Wildman–Crippen MR) is 90.0 cm³/mol. The molecule has 1 heterocycles. The predicted octanol–water partition coefficient (Wildman–Crippen LogP) is 1.87. The van der Waals surface area contributed by atoms with Crippen LogP contribution in [-0.4, -0.2) is 44.6 Å². The van der Waals surface area contributed by atoms with E-state index in [1.54, 1.807) is 0 Å². The molecule has 6 nitrogen and oxygen atoms in total. The number of carbonyl (C=O) groups excluding carboxylic acids is 1. The van der Waals surface area contributed by atoms with Crippen molar-refractivity contribution in [1.82, 2.24) is 0 Å². The number of carboxylic acids is 1. The molecule has 144 valence electrons. The number of fused-ring (bicyclic) bond motifs is 1. The molecule has 5 rings (SSSR count). The SMILES string of the molecule is CC12CCC3C4(CCC5(O)CC(O)CCC35C(=O)O4)C1CCC2C(=O)O. The zero-order chi connectivity index (χ0) is 18.5. The summed E-state index contributed by atoms with van der Waals surface area (Å²) in [5.41, 5.74) is -3.07. The summed E-state index contributed by atoms with van der Waals surface area (Å²) in [5, 5.41) is 31.3. The summed E-state index contributed by atoms with van der Waals surface area (Å²) in [6, 6.07) is 0. The minimum atomic E-state index is -1.19. The molecular weight excluding hydrogens is 336 g/mol. The van der Waals surface area contributed by atoms with Crippen LogP contribution in [-0.2, 0) is 14.3 Å². The van der Waals surface area contributed by atoms with Crippen LogP contribution in [0.5, 0.6) is 0 Å². The van der Waals surface area contributed by atoms with Gasteiger partial charge in [0.05, 0.1) is 17.6 Å². The number of ether oxygens (including phenoxy) is 1. The lowest BCUT2D eigenvalue weighted by molar-refractivity contribution is -0.216. The van der Waals surface area contributed by atoms with E-state index < -0.39 is 28.7 Å². The Bertz CT molecular complexity index is 692. The van der Waals surface area contributed by atoms with Crippen molar-refractivity contribution < 1.29 is 29.6 Å². The third-order valence-electron chi connectivity index (χ3n) is 9.23. The molecule has 8 unspecified atom stereocenters. The molecule has 1 spiro atoms. The van der Waals surface area contributed by atoms with Gasteiger partial charge in [-0.15, -0.1) is 0 Å². The lowest BCUT2D eigenvalue weighted by Gasteiger charge is -2.61. The van der Waals surface area contributed by atoms with Gasteiger partial charge in [0.25, 0.3) is 0 Å². The van der Waals surface area contributed by atoms with Crippen LogP contribution in [0.1, 0.15) is 64.7 Å². The summed E-state index contributed by atoms with van der Waals surface area (Å²) in [5.74, 6) is -1.42. The number of carbonyl (C=O) groups is 2. The van der Waals surface area contributed by atoms with Crippen molar-refractivity contribution in [2.24, 2.45) is 28.6 Å². The average Bonchev–Trinajstić information content (AvgIpc) is 3.01. The van der Waals surface area contributed by atoms with Gasteiger partial charge in [-0.3, -0.25) is 9.59 Å². The highest BCUT2D eigenvalue weighted by Crippen LogP contribution is 2.74. The Labute approximate surface area is 152 Å². The number of hydrogen-bond donors (Lipinski definition) is 3. The maximum Gasteiger partial charge on any atom is 0.316 e. The number of carboxylic acid groups (broad SMARTS) is 1. The van der Waals surface area contributed by atoms with Gasteiger partial charge in [-0.25, -0.2) is 0 Å². The van der Waals surface area contributed by atoms with Crippen LogP contribution in [0.15, 0.2) is 0 Å². The van der Waals surface area contributed by atoms with E-state index in [1.807, 2.05) is 0 Å². The van der Waals surface area contributed by atoms with Crippen molar-refractivity contribution >= 4 is 11.9 Å². The van der Waals surface area contributed by atoms with Crippen LogP contribution in [0.25, 0.3) is 0 Å². The third-order valence-corrected chi connectivity index (χ3v) is 9.23. The Hall–Kier alpha value is -1.14. The topological polar surface area (TPSA) is 104 Å². The van der Waals surface area contributed by atoms with E-state index in [2.05, 4.69) is 6.92 Å². The summed E-state index contributed by atoms with van der Waals surface area (Å²) in [4.78, 5) is 25.0. The molecule has 4 saturated carbocycles. The van der Waals surface area contributed by atoms with Crippen LogP contribution in [0.4, 0.5) is 0 Å². The Kier molecular flexibility index (Phi) is 3.15. The fraction of sp³-hybridized carbons (Fsp3) is 0.900. The molecule has 0 amide bonds. The van der Waals surface area contributed by atoms with Gasteiger partial charge < -0.3 is 20.1 Å². The second-order valence-corrected chi connectivity index (χ2v) is 9.86. The number of aliphatic hydroxyl groups excluding tert-OH is 1. The maximum atomic E-state index is 13.2. The summed E-state index contributed by atoms with van der Waals surface area (Å²) < 4.78 is 6.17. The van der Waals surface area contributed by atoms with Crippen LogP contribution < -0.4 is 0 Å². The highest BCUT2D eigenvalue weighted by molar-refractivity contribution is 5.83. The Balaban J connectivity index is 1.61. The number of rotatable bonds is 1. The zero-order valence-corrected chi connectivity index (χ0v) is 15.2. The second kappa shape index (κ2) is 4.82. The monoisotopic (exact) mass is 364 g/mol. The molecule has 0 aromatic heterocycles. The van der Waals surface area contributed by atoms with Gasteiger partial charge in [-0.2, -0.15) is 0 Å². The average molecular weight is 364 g/mol. The van der Waals surface area contributed by atoms with Gasteiger partial charge in [-0.1, -0.05) is 6.92 Å². The molecule has 6 heteroatoms. The number of hydrogen-bond acceptors (Lipinski definition) is 5. The highest BCUT2D eigenvalue weighted by atomic mass is 16.6. The van der Waals surface area contributed by atoms with Gasteiger partial charge in [0.1, 0.15) is 11.0 Å². The minimum absolute atomic E-state index is 0.0505. The first kappa shape index (κ1) is 17.0. The molecule has 26 heavy (non-hydrogen) atoms. The molecular formula is C20H28O6. The van der Waals surface area contributed by atoms with Gasteiger partial charge in [-0.05, 0) is 56.8 Å². The van der Waals surface area contributed by atoms with Crippen molar-refractivity contribution in [3.05, 3.63) is 0 Å². The first-order chi connectivity index (χ1) is 12.2. The lowest BCUT2D eigenvalue weighted by atomic mass is 9.42. The van der Waals surface area contributed by atoms with Gasteiger partial charge in [0.2, 0.25) is 0 Å². The standard InChI is InChI=1S/C20H28O6/c1-17-6-5-14-19-7-4-11(21)10-18(19,25)8-9-20(14,26-16(19)24)13(17)3-2-12(17)15(22)23/h11-14,21,25H,2-10H2,1H3,(H,22,23). The summed E-state index contributed by atoms with van der Waals surface area (Å²) >= 11 is 0. The van der Waals surface area contributed by atoms with Crippen molar-refractivity contribution in [3.63, 3.8) is 0 Å². The van der Waals surface area contributed by atoms with Crippen LogP contribution >= 0.6 is 0 Å². The Morgan fingerprint density at radius 2 is 1.85 bits per heavy atom. The van der Waals surface area contributed by atoms with E-state index in [4.69, 9.17) is 4.74 Å². The Morgan fingerprint density at radius 3 is 2.58 bits per heavy atom. The van der Waals surface area contributed by atoms with Gasteiger partial charge >= 0.3 is 11.9 Å². The minimum Gasteiger partial charge on any atom is -0.481 e. The van der Waals surface area contributed by atoms with E-state index in [9.17, 15) is 24.9 Å². The molecule has 5 aliphatic rings. The first-order valence-corrected chi connectivity index (χ1v) is 10.1. The van der Waals surface area contributed by atoms with Crippen molar-refractivity contribution in [2.45, 2.75) is 82.0 Å². The fourth-order valence-corrected chi connectivity index (χ4v) is 8.16. The smallest absolute Gasteiger partial charge is 0.316 e. The fourth-order valence-electron chi connectivity index (χ4n) is 8.16. The second-order valence-electron chi connectivity index (χ2n) is 9.86. The van der Waals surface area contributed by atoms with Crippen LogP contribution in [0.2, 0.25) is 0 Å². The van der Waals surface area contributed by atoms with Crippen LogP contribution in [0, 0.1) is 28.6 Å². The van der Waals surface area contributed by atoms with Crippen molar-refractivity contribution in [3.8, 4) is 0 Å².